The van der Waals surface area contributed by atoms with Gasteiger partial charge in [-0.05, 0) is 49.4 Å². The van der Waals surface area contributed by atoms with Crippen molar-refractivity contribution in [1.29, 1.82) is 5.26 Å². The Kier molecular flexibility index (Phi) is 8.72. The summed E-state index contributed by atoms with van der Waals surface area (Å²) in [6, 6.07) is 14.5. The van der Waals surface area contributed by atoms with Gasteiger partial charge in [-0.1, -0.05) is 30.0 Å². The van der Waals surface area contributed by atoms with Crippen LogP contribution in [0.15, 0.2) is 93.2 Å². The zero-order valence-electron chi connectivity index (χ0n) is 21.5. The molecule has 1 aromatic heterocycles. The molecular formula is C28H20F6N4O3S. The Hall–Kier alpha value is -4.64. The average Bonchev–Trinajstić information content (AvgIpc) is 3.45. The molecule has 0 saturated carbocycles. The van der Waals surface area contributed by atoms with E-state index in [1.807, 2.05) is 6.07 Å². The van der Waals surface area contributed by atoms with Gasteiger partial charge in [0, 0.05) is 17.1 Å². The van der Waals surface area contributed by atoms with Crippen LogP contribution >= 0.6 is 11.8 Å². The smallest absolute Gasteiger partial charge is 0.416 e. The predicted octanol–water partition coefficient (Wildman–Crippen LogP) is 7.02. The molecule has 0 radical (unpaired) electrons. The number of rotatable bonds is 7. The summed E-state index contributed by atoms with van der Waals surface area (Å²) in [6.45, 7) is 1.58. The molecule has 0 bridgehead atoms. The van der Waals surface area contributed by atoms with Gasteiger partial charge < -0.3 is 20.4 Å². The van der Waals surface area contributed by atoms with Crippen molar-refractivity contribution in [3.63, 3.8) is 0 Å². The van der Waals surface area contributed by atoms with Crippen LogP contribution in [0.25, 0.3) is 0 Å². The summed E-state index contributed by atoms with van der Waals surface area (Å²) < 4.78 is 84.6. The van der Waals surface area contributed by atoms with Gasteiger partial charge in [0.05, 0.1) is 51.3 Å². The SMILES string of the molecule is CC1=C(C(=O)Nc2ccccc2)C(c2ccco2)C(C#N)=C(SCC(=O)Nc2cc(C(F)(F)F)cc(C(F)(F)F)c2)N1. The van der Waals surface area contributed by atoms with Gasteiger partial charge in [-0.15, -0.1) is 0 Å². The van der Waals surface area contributed by atoms with Crippen molar-refractivity contribution in [3.05, 3.63) is 106 Å². The third kappa shape index (κ3) is 6.98. The van der Waals surface area contributed by atoms with Crippen LogP contribution in [0.3, 0.4) is 0 Å². The van der Waals surface area contributed by atoms with E-state index in [-0.39, 0.29) is 28.0 Å². The lowest BCUT2D eigenvalue weighted by Gasteiger charge is -2.28. The second-order valence-electron chi connectivity index (χ2n) is 8.92. The number of allylic oxidation sites excluding steroid dienone is 2. The summed E-state index contributed by atoms with van der Waals surface area (Å²) in [5, 5.41) is 17.9. The molecule has 0 fully saturated rings. The molecule has 2 amide bonds. The number of hydrogen-bond acceptors (Lipinski definition) is 6. The van der Waals surface area contributed by atoms with Gasteiger partial charge in [-0.25, -0.2) is 0 Å². The normalized spacial score (nSPS) is 15.6. The number of carbonyl (C=O) groups is 2. The third-order valence-electron chi connectivity index (χ3n) is 5.97. The molecule has 1 aliphatic rings. The number of carbonyl (C=O) groups excluding carboxylic acids is 2. The Labute approximate surface area is 239 Å². The molecule has 1 aliphatic heterocycles. The molecule has 3 aromatic rings. The van der Waals surface area contributed by atoms with E-state index in [1.54, 1.807) is 49.4 Å². The Bertz CT molecular complexity index is 1560. The first-order valence-corrected chi connectivity index (χ1v) is 13.0. The maximum Gasteiger partial charge on any atom is 0.416 e. The van der Waals surface area contributed by atoms with Gasteiger partial charge in [-0.2, -0.15) is 31.6 Å². The molecule has 14 heteroatoms. The topological polar surface area (TPSA) is 107 Å². The van der Waals surface area contributed by atoms with Gasteiger partial charge in [0.2, 0.25) is 5.91 Å². The standard InChI is InChI=1S/C28H20F6N4O3S/c1-15-23(25(40)38-18-6-3-2-4-7-18)24(21-8-5-9-41-21)20(13-35)26(36-15)42-14-22(39)37-19-11-16(27(29,30)31)10-17(12-19)28(32,33)34/h2-12,24,36H,14H2,1H3,(H,37,39)(H,38,40). The van der Waals surface area contributed by atoms with E-state index in [1.165, 1.54) is 6.26 Å². The largest absolute Gasteiger partial charge is 0.468 e. The van der Waals surface area contributed by atoms with Crippen molar-refractivity contribution in [2.45, 2.75) is 25.2 Å². The summed E-state index contributed by atoms with van der Waals surface area (Å²) in [6.07, 6.45) is -8.80. The van der Waals surface area contributed by atoms with Gasteiger partial charge >= 0.3 is 12.4 Å². The molecule has 7 nitrogen and oxygen atoms in total. The minimum absolute atomic E-state index is 0.0185. The van der Waals surface area contributed by atoms with Crippen molar-refractivity contribution >= 4 is 35.0 Å². The molecule has 2 heterocycles. The number of furan rings is 1. The molecule has 218 valence electrons. The second kappa shape index (κ2) is 12.1. The van der Waals surface area contributed by atoms with Gasteiger partial charge in [0.25, 0.3) is 5.91 Å². The summed E-state index contributed by atoms with van der Waals surface area (Å²) in [4.78, 5) is 25.9. The second-order valence-corrected chi connectivity index (χ2v) is 9.90. The number of nitrogens with zero attached hydrogens (tertiary/aromatic N) is 1. The van der Waals surface area contributed by atoms with Crippen LogP contribution < -0.4 is 16.0 Å². The van der Waals surface area contributed by atoms with E-state index in [9.17, 15) is 41.2 Å². The zero-order valence-corrected chi connectivity index (χ0v) is 22.3. The maximum absolute atomic E-state index is 13.3. The van der Waals surface area contributed by atoms with Crippen LogP contribution in [0.5, 0.6) is 0 Å². The number of alkyl halides is 6. The molecule has 42 heavy (non-hydrogen) atoms. The lowest BCUT2D eigenvalue weighted by molar-refractivity contribution is -0.143. The highest BCUT2D eigenvalue weighted by molar-refractivity contribution is 8.03. The maximum atomic E-state index is 13.3. The molecular weight excluding hydrogens is 586 g/mol. The molecule has 0 aliphatic carbocycles. The number of amides is 2. The number of anilines is 2. The predicted molar refractivity (Wildman–Crippen MR) is 143 cm³/mol. The van der Waals surface area contributed by atoms with Crippen LogP contribution in [0.4, 0.5) is 37.7 Å². The summed E-state index contributed by atoms with van der Waals surface area (Å²) >= 11 is 0.781. The monoisotopic (exact) mass is 606 g/mol. The quantitative estimate of drug-likeness (QED) is 0.250. The highest BCUT2D eigenvalue weighted by atomic mass is 32.2. The zero-order chi connectivity index (χ0) is 30.7. The molecule has 1 unspecified atom stereocenters. The van der Waals surface area contributed by atoms with E-state index in [0.717, 1.165) is 11.8 Å². The van der Waals surface area contributed by atoms with E-state index in [0.29, 0.717) is 23.5 Å². The number of hydrogen-bond donors (Lipinski definition) is 3. The molecule has 0 spiro atoms. The fraction of sp³-hybridized carbons (Fsp3) is 0.179. The average molecular weight is 607 g/mol. The van der Waals surface area contributed by atoms with E-state index >= 15 is 0 Å². The van der Waals surface area contributed by atoms with Crippen LogP contribution in [0.1, 0.15) is 29.7 Å². The highest BCUT2D eigenvalue weighted by Crippen LogP contribution is 2.41. The van der Waals surface area contributed by atoms with Gasteiger partial charge in [-0.3, -0.25) is 9.59 Å². The highest BCUT2D eigenvalue weighted by Gasteiger charge is 2.38. The van der Waals surface area contributed by atoms with Crippen LogP contribution in [0.2, 0.25) is 0 Å². The summed E-state index contributed by atoms with van der Waals surface area (Å²) in [7, 11) is 0. The summed E-state index contributed by atoms with van der Waals surface area (Å²) in [5.74, 6) is -2.65. The molecule has 2 aromatic carbocycles. The third-order valence-corrected chi connectivity index (χ3v) is 6.99. The number of nitriles is 1. The molecule has 4 rings (SSSR count). The molecule has 1 atom stereocenters. The number of nitrogens with one attached hydrogen (secondary N) is 3. The Balaban J connectivity index is 1.58. The van der Waals surface area contributed by atoms with Crippen molar-refractivity contribution in [1.82, 2.24) is 5.32 Å². The molecule has 0 saturated heterocycles. The van der Waals surface area contributed by atoms with E-state index < -0.39 is 52.7 Å². The van der Waals surface area contributed by atoms with Gasteiger partial charge in [0.15, 0.2) is 0 Å². The lowest BCUT2D eigenvalue weighted by Crippen LogP contribution is -2.31. The summed E-state index contributed by atoms with van der Waals surface area (Å²) in [5.41, 5.74) is -2.83. The first-order chi connectivity index (χ1) is 19.8. The Morgan fingerprint density at radius 2 is 1.60 bits per heavy atom. The van der Waals surface area contributed by atoms with E-state index in [2.05, 4.69) is 16.0 Å². The molecule has 3 N–H and O–H groups in total. The van der Waals surface area contributed by atoms with Crippen molar-refractivity contribution in [3.8, 4) is 6.07 Å². The minimum Gasteiger partial charge on any atom is -0.468 e. The van der Waals surface area contributed by atoms with Gasteiger partial charge in [0.1, 0.15) is 5.76 Å². The van der Waals surface area contributed by atoms with Crippen LogP contribution in [-0.2, 0) is 21.9 Å². The first kappa shape index (κ1) is 30.3. The van der Waals surface area contributed by atoms with Crippen molar-refractivity contribution in [2.24, 2.45) is 0 Å². The number of dihydropyridines is 1. The number of para-hydroxylation sites is 1. The van der Waals surface area contributed by atoms with E-state index in [4.69, 9.17) is 4.42 Å². The first-order valence-electron chi connectivity index (χ1n) is 12.0. The fourth-order valence-electron chi connectivity index (χ4n) is 4.15. The van der Waals surface area contributed by atoms with Crippen LogP contribution in [0, 0.1) is 11.3 Å². The van der Waals surface area contributed by atoms with Crippen molar-refractivity contribution < 1.29 is 40.3 Å². The van der Waals surface area contributed by atoms with Crippen molar-refractivity contribution in [2.75, 3.05) is 16.4 Å². The number of thioether (sulfide) groups is 1. The van der Waals surface area contributed by atoms with Crippen LogP contribution in [-0.4, -0.2) is 17.6 Å². The number of halogens is 6. The Morgan fingerprint density at radius 3 is 2.14 bits per heavy atom. The lowest BCUT2D eigenvalue weighted by atomic mass is 9.85. The number of benzene rings is 2. The Morgan fingerprint density at radius 1 is 0.952 bits per heavy atom. The minimum atomic E-state index is -5.08. The fourth-order valence-corrected chi connectivity index (χ4v) is 5.04.